The molecule has 0 aromatic carbocycles. The molecule has 1 saturated carbocycles. The second-order valence-electron chi connectivity index (χ2n) is 6.29. The third-order valence-electron chi connectivity index (χ3n) is 4.85. The molecule has 1 fully saturated rings. The van der Waals surface area contributed by atoms with Gasteiger partial charge in [-0.25, -0.2) is 0 Å². The number of hydrogen-bond acceptors (Lipinski definition) is 2. The fourth-order valence-electron chi connectivity index (χ4n) is 3.37. The Morgan fingerprint density at radius 1 is 1.35 bits per heavy atom. The van der Waals surface area contributed by atoms with Crippen molar-refractivity contribution in [1.82, 2.24) is 15.1 Å². The number of aryl methyl sites for hydroxylation is 1. The minimum absolute atomic E-state index is 0.517. The lowest BCUT2D eigenvalue weighted by atomic mass is 9.93. The van der Waals surface area contributed by atoms with Crippen LogP contribution in [0.4, 0.5) is 0 Å². The van der Waals surface area contributed by atoms with Crippen LogP contribution in [0.1, 0.15) is 71.0 Å². The normalized spacial score (nSPS) is 19.4. The molecule has 1 aliphatic rings. The summed E-state index contributed by atoms with van der Waals surface area (Å²) in [5, 5.41) is 8.43. The third kappa shape index (κ3) is 4.08. The van der Waals surface area contributed by atoms with E-state index in [0.29, 0.717) is 12.1 Å². The maximum Gasteiger partial charge on any atom is 0.0625 e. The van der Waals surface area contributed by atoms with Crippen molar-refractivity contribution in [2.75, 3.05) is 6.54 Å². The van der Waals surface area contributed by atoms with Crippen LogP contribution in [0.2, 0.25) is 0 Å². The predicted octanol–water partition coefficient (Wildman–Crippen LogP) is 3.96. The lowest BCUT2D eigenvalue weighted by Gasteiger charge is -2.24. The molecule has 1 aromatic rings. The van der Waals surface area contributed by atoms with Crippen molar-refractivity contribution in [3.05, 3.63) is 18.0 Å². The molecular weight excluding hydrogens is 246 g/mol. The Balaban J connectivity index is 1.86. The summed E-state index contributed by atoms with van der Waals surface area (Å²) in [4.78, 5) is 0. The maximum atomic E-state index is 4.73. The molecule has 0 spiro atoms. The van der Waals surface area contributed by atoms with Crippen LogP contribution in [0, 0.1) is 5.92 Å². The average Bonchev–Trinajstić information content (AvgIpc) is 3.13. The Kier molecular flexibility index (Phi) is 6.08. The Labute approximate surface area is 124 Å². The van der Waals surface area contributed by atoms with Gasteiger partial charge in [-0.15, -0.1) is 0 Å². The zero-order chi connectivity index (χ0) is 14.4. The summed E-state index contributed by atoms with van der Waals surface area (Å²) in [6.07, 6.45) is 11.3. The van der Waals surface area contributed by atoms with E-state index >= 15 is 0 Å². The van der Waals surface area contributed by atoms with Crippen molar-refractivity contribution >= 4 is 0 Å². The van der Waals surface area contributed by atoms with E-state index in [1.54, 1.807) is 0 Å². The molecule has 2 atom stereocenters. The second-order valence-corrected chi connectivity index (χ2v) is 6.29. The summed E-state index contributed by atoms with van der Waals surface area (Å²) in [6.45, 7) is 7.76. The molecule has 0 radical (unpaired) electrons. The molecule has 0 bridgehead atoms. The van der Waals surface area contributed by atoms with Gasteiger partial charge in [-0.1, -0.05) is 26.7 Å². The zero-order valence-electron chi connectivity index (χ0n) is 13.4. The van der Waals surface area contributed by atoms with Crippen LogP contribution >= 0.6 is 0 Å². The van der Waals surface area contributed by atoms with Crippen molar-refractivity contribution < 1.29 is 0 Å². The molecular formula is C17H31N3. The van der Waals surface area contributed by atoms with Gasteiger partial charge in [0, 0.05) is 18.3 Å². The third-order valence-corrected chi connectivity index (χ3v) is 4.85. The Hall–Kier alpha value is -0.830. The Morgan fingerprint density at radius 3 is 2.75 bits per heavy atom. The fraction of sp³-hybridized carbons (Fsp3) is 0.824. The van der Waals surface area contributed by atoms with E-state index in [1.165, 1.54) is 37.8 Å². The van der Waals surface area contributed by atoms with Crippen LogP contribution in [-0.4, -0.2) is 22.4 Å². The van der Waals surface area contributed by atoms with Gasteiger partial charge in [0.25, 0.3) is 0 Å². The summed E-state index contributed by atoms with van der Waals surface area (Å²) in [7, 11) is 0. The monoisotopic (exact) mass is 277 g/mol. The van der Waals surface area contributed by atoms with Gasteiger partial charge in [-0.3, -0.25) is 4.68 Å². The number of nitrogens with zero attached hydrogens (tertiary/aromatic N) is 2. The average molecular weight is 277 g/mol. The first kappa shape index (κ1) is 15.6. The highest BCUT2D eigenvalue weighted by atomic mass is 15.3. The van der Waals surface area contributed by atoms with Crippen LogP contribution in [0.25, 0.3) is 0 Å². The van der Waals surface area contributed by atoms with Crippen molar-refractivity contribution in [2.45, 2.75) is 77.8 Å². The van der Waals surface area contributed by atoms with Gasteiger partial charge in [0.15, 0.2) is 0 Å². The SMILES string of the molecule is CCNC(CCc1ccn(C(C)CC)n1)C1CCCC1. The molecule has 0 saturated heterocycles. The zero-order valence-corrected chi connectivity index (χ0v) is 13.4. The number of aromatic nitrogens is 2. The first-order valence-corrected chi connectivity index (χ1v) is 8.52. The molecule has 2 unspecified atom stereocenters. The molecule has 1 N–H and O–H groups in total. The lowest BCUT2D eigenvalue weighted by Crippen LogP contribution is -2.35. The standard InChI is InChI=1S/C17H31N3/c1-4-14(3)20-13-12-16(19-20)10-11-17(18-5-2)15-8-6-7-9-15/h12-15,17-18H,4-11H2,1-3H3. The van der Waals surface area contributed by atoms with Gasteiger partial charge in [-0.2, -0.15) is 5.10 Å². The van der Waals surface area contributed by atoms with Gasteiger partial charge in [-0.05, 0) is 57.6 Å². The van der Waals surface area contributed by atoms with E-state index in [1.807, 2.05) is 0 Å². The minimum Gasteiger partial charge on any atom is -0.314 e. The summed E-state index contributed by atoms with van der Waals surface area (Å²) >= 11 is 0. The van der Waals surface area contributed by atoms with E-state index in [2.05, 4.69) is 43.0 Å². The Morgan fingerprint density at radius 2 is 2.10 bits per heavy atom. The fourth-order valence-corrected chi connectivity index (χ4v) is 3.37. The van der Waals surface area contributed by atoms with Crippen molar-refractivity contribution in [3.8, 4) is 0 Å². The molecule has 1 heterocycles. The molecule has 3 nitrogen and oxygen atoms in total. The van der Waals surface area contributed by atoms with E-state index in [-0.39, 0.29) is 0 Å². The number of nitrogens with one attached hydrogen (secondary N) is 1. The second kappa shape index (κ2) is 7.82. The largest absolute Gasteiger partial charge is 0.314 e. The van der Waals surface area contributed by atoms with Gasteiger partial charge < -0.3 is 5.32 Å². The van der Waals surface area contributed by atoms with Crippen molar-refractivity contribution in [3.63, 3.8) is 0 Å². The highest BCUT2D eigenvalue weighted by Gasteiger charge is 2.24. The summed E-state index contributed by atoms with van der Waals surface area (Å²) in [5.41, 5.74) is 1.26. The van der Waals surface area contributed by atoms with E-state index in [9.17, 15) is 0 Å². The van der Waals surface area contributed by atoms with Crippen LogP contribution in [0.15, 0.2) is 12.3 Å². The summed E-state index contributed by atoms with van der Waals surface area (Å²) in [6, 6.07) is 3.41. The molecule has 0 amide bonds. The van der Waals surface area contributed by atoms with Crippen LogP contribution in [0.3, 0.4) is 0 Å². The van der Waals surface area contributed by atoms with Crippen LogP contribution in [-0.2, 0) is 6.42 Å². The highest BCUT2D eigenvalue weighted by Crippen LogP contribution is 2.29. The topological polar surface area (TPSA) is 29.9 Å². The van der Waals surface area contributed by atoms with E-state index in [0.717, 1.165) is 25.3 Å². The van der Waals surface area contributed by atoms with Crippen LogP contribution < -0.4 is 5.32 Å². The smallest absolute Gasteiger partial charge is 0.0625 e. The predicted molar refractivity (Wildman–Crippen MR) is 85.0 cm³/mol. The number of rotatable bonds is 8. The van der Waals surface area contributed by atoms with E-state index in [4.69, 9.17) is 5.10 Å². The molecule has 3 heteroatoms. The van der Waals surface area contributed by atoms with Gasteiger partial charge in [0.1, 0.15) is 0 Å². The summed E-state index contributed by atoms with van der Waals surface area (Å²) < 4.78 is 2.12. The first-order valence-electron chi connectivity index (χ1n) is 8.52. The quantitative estimate of drug-likeness (QED) is 0.779. The Bertz CT molecular complexity index is 379. The number of hydrogen-bond donors (Lipinski definition) is 1. The molecule has 0 aliphatic heterocycles. The van der Waals surface area contributed by atoms with Gasteiger partial charge in [0.05, 0.1) is 5.69 Å². The highest BCUT2D eigenvalue weighted by molar-refractivity contribution is 5.01. The maximum absolute atomic E-state index is 4.73. The van der Waals surface area contributed by atoms with Crippen molar-refractivity contribution in [1.29, 1.82) is 0 Å². The minimum atomic E-state index is 0.517. The molecule has 1 aromatic heterocycles. The summed E-state index contributed by atoms with van der Waals surface area (Å²) in [5.74, 6) is 0.895. The molecule has 20 heavy (non-hydrogen) atoms. The van der Waals surface area contributed by atoms with E-state index < -0.39 is 0 Å². The van der Waals surface area contributed by atoms with Gasteiger partial charge in [0.2, 0.25) is 0 Å². The lowest BCUT2D eigenvalue weighted by molar-refractivity contribution is 0.344. The molecule has 114 valence electrons. The van der Waals surface area contributed by atoms with Crippen LogP contribution in [0.5, 0.6) is 0 Å². The first-order chi connectivity index (χ1) is 9.74. The molecule has 2 rings (SSSR count). The van der Waals surface area contributed by atoms with Gasteiger partial charge >= 0.3 is 0 Å². The van der Waals surface area contributed by atoms with Crippen molar-refractivity contribution in [2.24, 2.45) is 5.92 Å². The molecule has 1 aliphatic carbocycles.